The predicted molar refractivity (Wildman–Crippen MR) is 77.8 cm³/mol. The van der Waals surface area contributed by atoms with Crippen LogP contribution in [0.1, 0.15) is 17.5 Å². The highest BCUT2D eigenvalue weighted by Crippen LogP contribution is 2.28. The molecule has 1 atom stereocenters. The Hall–Kier alpha value is -0.560. The Labute approximate surface area is 118 Å². The molecule has 0 spiro atoms. The molecule has 1 aliphatic heterocycles. The van der Waals surface area contributed by atoms with Gasteiger partial charge >= 0.3 is 0 Å². The first-order valence-electron chi connectivity index (χ1n) is 6.23. The zero-order valence-electron chi connectivity index (χ0n) is 11.2. The number of hydrogen-bond donors (Lipinski definition) is 1. The average molecular weight is 301 g/mol. The molecule has 0 bridgehead atoms. The van der Waals surface area contributed by atoms with E-state index in [2.05, 4.69) is 0 Å². The topological polar surface area (TPSA) is 57.6 Å². The van der Waals surface area contributed by atoms with Crippen LogP contribution in [0.15, 0.2) is 23.1 Å². The number of benzene rings is 1. The summed E-state index contributed by atoms with van der Waals surface area (Å²) in [6.45, 7) is 1.61. The van der Waals surface area contributed by atoms with Crippen molar-refractivity contribution in [3.05, 3.63) is 29.3 Å². The summed E-state index contributed by atoms with van der Waals surface area (Å²) in [6, 6.07) is 5.12. The van der Waals surface area contributed by atoms with E-state index >= 15 is 0 Å². The maximum Gasteiger partial charge on any atom is 0.243 e. The van der Waals surface area contributed by atoms with E-state index in [1.54, 1.807) is 43.9 Å². The van der Waals surface area contributed by atoms with E-state index in [0.717, 1.165) is 17.9 Å². The van der Waals surface area contributed by atoms with Crippen LogP contribution in [0.25, 0.3) is 0 Å². The molecule has 1 unspecified atom stereocenters. The van der Waals surface area contributed by atoms with E-state index in [0.29, 0.717) is 16.0 Å². The van der Waals surface area contributed by atoms with Crippen molar-refractivity contribution in [2.24, 2.45) is 0 Å². The number of thioether (sulfide) groups is 1. The van der Waals surface area contributed by atoms with Gasteiger partial charge in [-0.15, -0.1) is 0 Å². The molecule has 106 valence electrons. The molecule has 1 aromatic rings. The van der Waals surface area contributed by atoms with Crippen molar-refractivity contribution in [2.45, 2.75) is 30.9 Å². The van der Waals surface area contributed by atoms with Crippen LogP contribution in [0.2, 0.25) is 0 Å². The summed E-state index contributed by atoms with van der Waals surface area (Å²) in [7, 11) is -1.83. The number of hydrogen-bond acceptors (Lipinski definition) is 4. The Morgan fingerprint density at radius 1 is 1.47 bits per heavy atom. The quantitative estimate of drug-likeness (QED) is 0.918. The number of aliphatic hydroxyl groups is 1. The van der Waals surface area contributed by atoms with Gasteiger partial charge in [0.25, 0.3) is 0 Å². The van der Waals surface area contributed by atoms with Gasteiger partial charge < -0.3 is 5.11 Å². The average Bonchev–Trinajstić information content (AvgIpc) is 2.91. The number of nitrogens with zero attached hydrogens (tertiary/aromatic N) is 1. The first kappa shape index (κ1) is 14.8. The monoisotopic (exact) mass is 301 g/mol. The molecule has 1 aromatic carbocycles. The maximum absolute atomic E-state index is 12.6. The largest absolute Gasteiger partial charge is 0.392 e. The van der Waals surface area contributed by atoms with Crippen LogP contribution in [-0.2, 0) is 16.6 Å². The van der Waals surface area contributed by atoms with Crippen LogP contribution in [0, 0.1) is 6.92 Å². The van der Waals surface area contributed by atoms with Crippen molar-refractivity contribution in [1.82, 2.24) is 4.31 Å². The molecule has 6 heteroatoms. The van der Waals surface area contributed by atoms with Crippen molar-refractivity contribution in [1.29, 1.82) is 0 Å². The standard InChI is InChI=1S/C13H19NO3S2/c1-10-11(8-15)4-3-5-13(10)19(16,17)14(2)12-6-7-18-9-12/h3-5,12,15H,6-9H2,1-2H3. The predicted octanol–water partition coefficient (Wildman–Crippen LogP) is 1.61. The molecular weight excluding hydrogens is 282 g/mol. The zero-order chi connectivity index (χ0) is 14.0. The van der Waals surface area contributed by atoms with Crippen LogP contribution in [-0.4, -0.2) is 42.4 Å². The Kier molecular flexibility index (Phi) is 4.55. The minimum Gasteiger partial charge on any atom is -0.392 e. The first-order valence-corrected chi connectivity index (χ1v) is 8.83. The number of aliphatic hydroxyl groups excluding tert-OH is 1. The fourth-order valence-electron chi connectivity index (χ4n) is 2.27. The fourth-order valence-corrected chi connectivity index (χ4v) is 5.28. The second-order valence-electron chi connectivity index (χ2n) is 4.74. The lowest BCUT2D eigenvalue weighted by atomic mass is 10.1. The van der Waals surface area contributed by atoms with Crippen molar-refractivity contribution >= 4 is 21.8 Å². The minimum absolute atomic E-state index is 0.0761. The van der Waals surface area contributed by atoms with Crippen LogP contribution in [0.3, 0.4) is 0 Å². The summed E-state index contributed by atoms with van der Waals surface area (Å²) in [5.74, 6) is 1.87. The number of rotatable bonds is 4. The smallest absolute Gasteiger partial charge is 0.243 e. The van der Waals surface area contributed by atoms with Crippen LogP contribution >= 0.6 is 11.8 Å². The van der Waals surface area contributed by atoms with E-state index in [1.807, 2.05) is 0 Å². The molecule has 1 aliphatic rings. The van der Waals surface area contributed by atoms with Gasteiger partial charge in [0, 0.05) is 18.8 Å². The van der Waals surface area contributed by atoms with Gasteiger partial charge in [0.1, 0.15) is 0 Å². The highest BCUT2D eigenvalue weighted by Gasteiger charge is 2.31. The van der Waals surface area contributed by atoms with Crippen molar-refractivity contribution in [2.75, 3.05) is 18.6 Å². The molecule has 19 heavy (non-hydrogen) atoms. The molecule has 0 aromatic heterocycles. The van der Waals surface area contributed by atoms with Gasteiger partial charge in [-0.1, -0.05) is 12.1 Å². The molecule has 1 N–H and O–H groups in total. The summed E-state index contributed by atoms with van der Waals surface area (Å²) in [4.78, 5) is 0.304. The van der Waals surface area contributed by atoms with Crippen molar-refractivity contribution in [3.8, 4) is 0 Å². The maximum atomic E-state index is 12.6. The van der Waals surface area contributed by atoms with Gasteiger partial charge in [0.2, 0.25) is 10.0 Å². The molecule has 4 nitrogen and oxygen atoms in total. The summed E-state index contributed by atoms with van der Waals surface area (Å²) < 4.78 is 26.8. The van der Waals surface area contributed by atoms with Gasteiger partial charge in [-0.25, -0.2) is 8.42 Å². The lowest BCUT2D eigenvalue weighted by Crippen LogP contribution is -2.37. The third kappa shape index (κ3) is 2.81. The first-order chi connectivity index (χ1) is 8.98. The van der Waals surface area contributed by atoms with E-state index in [1.165, 1.54) is 4.31 Å². The van der Waals surface area contributed by atoms with Crippen LogP contribution < -0.4 is 0 Å². The molecule has 1 heterocycles. The molecule has 1 saturated heterocycles. The highest BCUT2D eigenvalue weighted by molar-refractivity contribution is 7.99. The molecule has 0 saturated carbocycles. The van der Waals surface area contributed by atoms with E-state index < -0.39 is 10.0 Å². The second-order valence-corrected chi connectivity index (χ2v) is 7.85. The Morgan fingerprint density at radius 2 is 2.21 bits per heavy atom. The Morgan fingerprint density at radius 3 is 2.79 bits per heavy atom. The highest BCUT2D eigenvalue weighted by atomic mass is 32.2. The normalized spacial score (nSPS) is 20.1. The van der Waals surface area contributed by atoms with E-state index in [4.69, 9.17) is 0 Å². The van der Waals surface area contributed by atoms with E-state index in [9.17, 15) is 13.5 Å². The fraction of sp³-hybridized carbons (Fsp3) is 0.538. The van der Waals surface area contributed by atoms with Gasteiger partial charge in [-0.05, 0) is 36.3 Å². The SMILES string of the molecule is Cc1c(CO)cccc1S(=O)(=O)N(C)C1CCSC1. The van der Waals surface area contributed by atoms with Crippen LogP contribution in [0.5, 0.6) is 0 Å². The number of sulfonamides is 1. The molecule has 0 amide bonds. The molecule has 1 fully saturated rings. The molecule has 0 radical (unpaired) electrons. The van der Waals surface area contributed by atoms with Gasteiger partial charge in [-0.2, -0.15) is 16.1 Å². The van der Waals surface area contributed by atoms with Gasteiger partial charge in [0.05, 0.1) is 11.5 Å². The third-order valence-corrected chi connectivity index (χ3v) is 6.84. The molecule has 2 rings (SSSR count). The molecular formula is C13H19NO3S2. The summed E-state index contributed by atoms with van der Waals surface area (Å²) in [5.41, 5.74) is 1.30. The minimum atomic E-state index is -3.48. The van der Waals surface area contributed by atoms with Gasteiger partial charge in [0.15, 0.2) is 0 Å². The lowest BCUT2D eigenvalue weighted by Gasteiger charge is -2.24. The van der Waals surface area contributed by atoms with Crippen molar-refractivity contribution in [3.63, 3.8) is 0 Å². The zero-order valence-corrected chi connectivity index (χ0v) is 12.8. The molecule has 0 aliphatic carbocycles. The Balaban J connectivity index is 2.39. The van der Waals surface area contributed by atoms with Gasteiger partial charge in [-0.3, -0.25) is 0 Å². The van der Waals surface area contributed by atoms with Crippen LogP contribution in [0.4, 0.5) is 0 Å². The summed E-state index contributed by atoms with van der Waals surface area (Å²) in [5, 5.41) is 9.25. The summed E-state index contributed by atoms with van der Waals surface area (Å²) >= 11 is 1.79. The van der Waals surface area contributed by atoms with Crippen molar-refractivity contribution < 1.29 is 13.5 Å². The van der Waals surface area contributed by atoms with E-state index in [-0.39, 0.29) is 12.6 Å². The Bertz CT molecular complexity index is 551. The lowest BCUT2D eigenvalue weighted by molar-refractivity contribution is 0.280. The second kappa shape index (κ2) is 5.83. The summed E-state index contributed by atoms with van der Waals surface area (Å²) in [6.07, 6.45) is 0.902. The third-order valence-electron chi connectivity index (χ3n) is 3.64.